The first kappa shape index (κ1) is 16.2. The lowest BCUT2D eigenvalue weighted by Gasteiger charge is -2.05. The maximum atomic E-state index is 11.6. The summed E-state index contributed by atoms with van der Waals surface area (Å²) in [4.78, 5) is 11.6. The molecule has 0 aliphatic heterocycles. The molecule has 0 atom stereocenters. The quantitative estimate of drug-likeness (QED) is 0.592. The third kappa shape index (κ3) is 6.93. The van der Waals surface area contributed by atoms with E-state index in [0.29, 0.717) is 26.1 Å². The second-order valence-electron chi connectivity index (χ2n) is 4.26. The average Bonchev–Trinajstić information content (AvgIpc) is 2.46. The summed E-state index contributed by atoms with van der Waals surface area (Å²) >= 11 is 0. The van der Waals surface area contributed by atoms with E-state index in [2.05, 4.69) is 17.2 Å². The molecule has 108 valence electrons. The molecule has 0 fully saturated rings. The Kier molecular flexibility index (Phi) is 8.13. The molecule has 0 aliphatic rings. The molecule has 0 bridgehead atoms. The molecule has 0 unspecified atom stereocenters. The van der Waals surface area contributed by atoms with Gasteiger partial charge in [-0.3, -0.25) is 4.79 Å². The highest BCUT2D eigenvalue weighted by molar-refractivity contribution is 5.90. The number of benzene rings is 1. The molecule has 20 heavy (non-hydrogen) atoms. The van der Waals surface area contributed by atoms with E-state index in [0.717, 1.165) is 17.7 Å². The summed E-state index contributed by atoms with van der Waals surface area (Å²) in [5.74, 6) is 5.72. The van der Waals surface area contributed by atoms with Crippen LogP contribution in [0.25, 0.3) is 0 Å². The lowest BCUT2D eigenvalue weighted by molar-refractivity contribution is -0.117. The van der Waals surface area contributed by atoms with Crippen LogP contribution < -0.4 is 5.32 Å². The number of amides is 1. The van der Waals surface area contributed by atoms with Gasteiger partial charge in [-0.1, -0.05) is 18.8 Å². The maximum Gasteiger partial charge on any atom is 0.226 e. The first-order chi connectivity index (χ1) is 9.76. The molecule has 0 radical (unpaired) electrons. The summed E-state index contributed by atoms with van der Waals surface area (Å²) in [5, 5.41) is 11.4. The number of rotatable bonds is 7. The number of hydrogen-bond acceptors (Lipinski definition) is 3. The van der Waals surface area contributed by atoms with Crippen LogP contribution in [-0.2, 0) is 9.53 Å². The van der Waals surface area contributed by atoms with Gasteiger partial charge >= 0.3 is 0 Å². The zero-order chi connectivity index (χ0) is 14.6. The summed E-state index contributed by atoms with van der Waals surface area (Å²) in [6.07, 6.45) is 1.79. The Bertz CT molecular complexity index is 457. The van der Waals surface area contributed by atoms with Crippen molar-refractivity contribution in [3.63, 3.8) is 0 Å². The SMILES string of the molecule is CCCOCCC(=O)Nc1ccc(C#CCCO)cc1. The first-order valence-corrected chi connectivity index (χ1v) is 6.83. The van der Waals surface area contributed by atoms with Crippen molar-refractivity contribution >= 4 is 11.6 Å². The van der Waals surface area contributed by atoms with Crippen LogP contribution in [0.5, 0.6) is 0 Å². The van der Waals surface area contributed by atoms with Crippen LogP contribution in [0.15, 0.2) is 24.3 Å². The summed E-state index contributed by atoms with van der Waals surface area (Å²) in [5.41, 5.74) is 1.61. The standard InChI is InChI=1S/C16H21NO3/c1-2-12-20-13-10-16(19)17-15-8-6-14(7-9-15)5-3-4-11-18/h6-9,18H,2,4,10-13H2,1H3,(H,17,19). The number of hydrogen-bond donors (Lipinski definition) is 2. The van der Waals surface area contributed by atoms with Gasteiger partial charge in [0.1, 0.15) is 0 Å². The van der Waals surface area contributed by atoms with Gasteiger partial charge < -0.3 is 15.2 Å². The van der Waals surface area contributed by atoms with Crippen molar-refractivity contribution in [2.75, 3.05) is 25.1 Å². The Morgan fingerprint density at radius 3 is 2.70 bits per heavy atom. The van der Waals surface area contributed by atoms with Gasteiger partial charge in [0.2, 0.25) is 5.91 Å². The zero-order valence-electron chi connectivity index (χ0n) is 11.8. The fourth-order valence-electron chi connectivity index (χ4n) is 1.49. The molecule has 0 heterocycles. The molecular weight excluding hydrogens is 254 g/mol. The number of carbonyl (C=O) groups excluding carboxylic acids is 1. The molecule has 1 aromatic rings. The molecule has 1 aromatic carbocycles. The lowest BCUT2D eigenvalue weighted by atomic mass is 10.2. The number of aliphatic hydroxyl groups is 1. The number of nitrogens with one attached hydrogen (secondary N) is 1. The molecule has 0 spiro atoms. The third-order valence-corrected chi connectivity index (χ3v) is 2.46. The Hall–Kier alpha value is -1.83. The van der Waals surface area contributed by atoms with E-state index in [9.17, 15) is 4.79 Å². The van der Waals surface area contributed by atoms with E-state index in [4.69, 9.17) is 9.84 Å². The fourth-order valence-corrected chi connectivity index (χ4v) is 1.49. The number of aliphatic hydroxyl groups excluding tert-OH is 1. The maximum absolute atomic E-state index is 11.6. The van der Waals surface area contributed by atoms with Gasteiger partial charge in [0.05, 0.1) is 19.6 Å². The predicted molar refractivity (Wildman–Crippen MR) is 79.4 cm³/mol. The second-order valence-corrected chi connectivity index (χ2v) is 4.26. The Labute approximate surface area is 120 Å². The van der Waals surface area contributed by atoms with Crippen molar-refractivity contribution in [3.8, 4) is 11.8 Å². The number of ether oxygens (including phenoxy) is 1. The van der Waals surface area contributed by atoms with Gasteiger partial charge in [-0.25, -0.2) is 0 Å². The van der Waals surface area contributed by atoms with Crippen LogP contribution in [0.3, 0.4) is 0 Å². The Morgan fingerprint density at radius 2 is 2.05 bits per heavy atom. The molecule has 0 saturated carbocycles. The van der Waals surface area contributed by atoms with Gasteiger partial charge in [-0.15, -0.1) is 0 Å². The van der Waals surface area contributed by atoms with Crippen molar-refractivity contribution in [3.05, 3.63) is 29.8 Å². The molecule has 0 aromatic heterocycles. The molecule has 1 amide bonds. The normalized spacial score (nSPS) is 9.70. The van der Waals surface area contributed by atoms with E-state index < -0.39 is 0 Å². The topological polar surface area (TPSA) is 58.6 Å². The molecular formula is C16H21NO3. The smallest absolute Gasteiger partial charge is 0.226 e. The highest BCUT2D eigenvalue weighted by Gasteiger charge is 2.01. The first-order valence-electron chi connectivity index (χ1n) is 6.83. The van der Waals surface area contributed by atoms with Gasteiger partial charge in [-0.05, 0) is 30.7 Å². The molecule has 0 aliphatic carbocycles. The summed E-state index contributed by atoms with van der Waals surface area (Å²) in [7, 11) is 0. The number of carbonyl (C=O) groups is 1. The van der Waals surface area contributed by atoms with E-state index in [1.165, 1.54) is 0 Å². The Morgan fingerprint density at radius 1 is 1.30 bits per heavy atom. The predicted octanol–water partition coefficient (Wildman–Crippen LogP) is 2.18. The summed E-state index contributed by atoms with van der Waals surface area (Å²) in [6.45, 7) is 3.24. The van der Waals surface area contributed by atoms with Crippen molar-refractivity contribution in [1.82, 2.24) is 0 Å². The lowest BCUT2D eigenvalue weighted by Crippen LogP contribution is -2.14. The minimum absolute atomic E-state index is 0.0554. The van der Waals surface area contributed by atoms with Crippen LogP contribution in [-0.4, -0.2) is 30.8 Å². The summed E-state index contributed by atoms with van der Waals surface area (Å²) < 4.78 is 5.27. The highest BCUT2D eigenvalue weighted by Crippen LogP contribution is 2.09. The molecule has 1 rings (SSSR count). The number of anilines is 1. The van der Waals surface area contributed by atoms with Crippen molar-refractivity contribution in [2.24, 2.45) is 0 Å². The monoisotopic (exact) mass is 275 g/mol. The second kappa shape index (κ2) is 10.0. The van der Waals surface area contributed by atoms with Gasteiger partial charge in [0, 0.05) is 24.3 Å². The van der Waals surface area contributed by atoms with Crippen molar-refractivity contribution < 1.29 is 14.6 Å². The van der Waals surface area contributed by atoms with Crippen LogP contribution in [0.1, 0.15) is 31.7 Å². The van der Waals surface area contributed by atoms with Gasteiger partial charge in [-0.2, -0.15) is 0 Å². The highest BCUT2D eigenvalue weighted by atomic mass is 16.5. The van der Waals surface area contributed by atoms with E-state index in [-0.39, 0.29) is 12.5 Å². The molecule has 4 heteroatoms. The minimum atomic E-state index is -0.0554. The van der Waals surface area contributed by atoms with Crippen LogP contribution in [0.2, 0.25) is 0 Å². The van der Waals surface area contributed by atoms with Gasteiger partial charge in [0.15, 0.2) is 0 Å². The molecule has 2 N–H and O–H groups in total. The molecule has 0 saturated heterocycles. The van der Waals surface area contributed by atoms with E-state index in [1.807, 2.05) is 31.2 Å². The van der Waals surface area contributed by atoms with Crippen LogP contribution in [0, 0.1) is 11.8 Å². The third-order valence-electron chi connectivity index (χ3n) is 2.46. The van der Waals surface area contributed by atoms with Crippen molar-refractivity contribution in [2.45, 2.75) is 26.2 Å². The zero-order valence-corrected chi connectivity index (χ0v) is 11.8. The fraction of sp³-hybridized carbons (Fsp3) is 0.438. The van der Waals surface area contributed by atoms with E-state index >= 15 is 0 Å². The van der Waals surface area contributed by atoms with Crippen LogP contribution >= 0.6 is 0 Å². The Balaban J connectivity index is 2.37. The minimum Gasteiger partial charge on any atom is -0.395 e. The van der Waals surface area contributed by atoms with Crippen molar-refractivity contribution in [1.29, 1.82) is 0 Å². The van der Waals surface area contributed by atoms with Gasteiger partial charge in [0.25, 0.3) is 0 Å². The van der Waals surface area contributed by atoms with E-state index in [1.54, 1.807) is 0 Å². The largest absolute Gasteiger partial charge is 0.395 e. The molecule has 4 nitrogen and oxygen atoms in total. The summed E-state index contributed by atoms with van der Waals surface area (Å²) in [6, 6.07) is 7.31. The van der Waals surface area contributed by atoms with Crippen LogP contribution in [0.4, 0.5) is 5.69 Å². The average molecular weight is 275 g/mol.